The normalized spacial score (nSPS) is 13.0. The Balaban J connectivity index is 2.01. The van der Waals surface area contributed by atoms with Gasteiger partial charge in [-0.05, 0) is 33.3 Å². The quantitative estimate of drug-likeness (QED) is 0.890. The highest BCUT2D eigenvalue weighted by Crippen LogP contribution is 2.27. The molecule has 22 heavy (non-hydrogen) atoms. The van der Waals surface area contributed by atoms with Crippen LogP contribution in [-0.4, -0.2) is 10.9 Å². The number of rotatable bonds is 5. The van der Waals surface area contributed by atoms with Crippen molar-refractivity contribution < 1.29 is 4.79 Å². The van der Waals surface area contributed by atoms with E-state index in [1.807, 2.05) is 58.0 Å². The van der Waals surface area contributed by atoms with Gasteiger partial charge in [-0.2, -0.15) is 0 Å². The molecule has 118 valence electrons. The lowest BCUT2D eigenvalue weighted by Crippen LogP contribution is -2.42. The summed E-state index contributed by atoms with van der Waals surface area (Å²) in [6, 6.07) is 9.38. The molecule has 1 unspecified atom stereocenters. The molecule has 1 heterocycles. The number of carbonyl (C=O) groups is 1. The zero-order chi connectivity index (χ0) is 16.3. The highest BCUT2D eigenvalue weighted by molar-refractivity contribution is 7.11. The number of amides is 1. The maximum atomic E-state index is 12.3. The molecule has 2 rings (SSSR count). The first-order chi connectivity index (χ1) is 10.3. The molecular weight excluding hydrogens is 294 g/mol. The molecule has 0 radical (unpaired) electrons. The van der Waals surface area contributed by atoms with Gasteiger partial charge in [-0.15, -0.1) is 11.3 Å². The lowest BCUT2D eigenvalue weighted by atomic mass is 10.0. The van der Waals surface area contributed by atoms with Crippen molar-refractivity contribution in [3.8, 4) is 0 Å². The number of thiazole rings is 1. The molecule has 1 atom stereocenters. The Bertz CT molecular complexity index is 630. The largest absolute Gasteiger partial charge is 0.345 e. The molecule has 0 aliphatic heterocycles. The second-order valence-corrected chi connectivity index (χ2v) is 7.26. The van der Waals surface area contributed by atoms with Gasteiger partial charge in [0.15, 0.2) is 0 Å². The average Bonchev–Trinajstić information content (AvgIpc) is 2.80. The second-order valence-electron chi connectivity index (χ2n) is 6.06. The number of carbonyl (C=O) groups excluding carboxylic acids is 1. The summed E-state index contributed by atoms with van der Waals surface area (Å²) in [5, 5.41) is 3.96. The summed E-state index contributed by atoms with van der Waals surface area (Å²) in [6.07, 6.45) is 0.261. The number of nitrogens with two attached hydrogens (primary N) is 1. The number of hydrogen-bond acceptors (Lipinski definition) is 4. The van der Waals surface area contributed by atoms with Crippen LogP contribution in [0.3, 0.4) is 0 Å². The van der Waals surface area contributed by atoms with Crippen molar-refractivity contribution in [2.45, 2.75) is 45.7 Å². The number of benzene rings is 1. The number of aromatic nitrogens is 1. The average molecular weight is 317 g/mol. The molecule has 0 saturated heterocycles. The first kappa shape index (κ1) is 16.6. The Morgan fingerprint density at radius 2 is 1.95 bits per heavy atom. The first-order valence-electron chi connectivity index (χ1n) is 7.35. The Morgan fingerprint density at radius 3 is 2.50 bits per heavy atom. The number of hydrogen-bond donors (Lipinski definition) is 2. The first-order valence-corrected chi connectivity index (χ1v) is 8.17. The molecule has 0 saturated carbocycles. The highest BCUT2D eigenvalue weighted by Gasteiger charge is 2.27. The van der Waals surface area contributed by atoms with Crippen molar-refractivity contribution in [3.63, 3.8) is 0 Å². The lowest BCUT2D eigenvalue weighted by molar-refractivity contribution is -0.123. The van der Waals surface area contributed by atoms with Gasteiger partial charge in [0.25, 0.3) is 0 Å². The molecule has 0 fully saturated rings. The molecule has 0 aliphatic rings. The minimum Gasteiger partial charge on any atom is -0.345 e. The van der Waals surface area contributed by atoms with Crippen LogP contribution in [0.25, 0.3) is 0 Å². The molecule has 1 amide bonds. The van der Waals surface area contributed by atoms with Crippen molar-refractivity contribution >= 4 is 17.2 Å². The van der Waals surface area contributed by atoms with Crippen molar-refractivity contribution in [1.82, 2.24) is 10.3 Å². The Kier molecular flexibility index (Phi) is 4.98. The third kappa shape index (κ3) is 3.93. The van der Waals surface area contributed by atoms with Crippen LogP contribution in [0.15, 0.2) is 30.3 Å². The van der Waals surface area contributed by atoms with Crippen LogP contribution < -0.4 is 11.1 Å². The lowest BCUT2D eigenvalue weighted by Gasteiger charge is -2.25. The highest BCUT2D eigenvalue weighted by atomic mass is 32.1. The summed E-state index contributed by atoms with van der Waals surface area (Å²) in [5.41, 5.74) is 7.60. The van der Waals surface area contributed by atoms with E-state index in [2.05, 4.69) is 10.3 Å². The number of nitrogens with one attached hydrogen (secondary N) is 1. The van der Waals surface area contributed by atoms with Crippen LogP contribution in [0, 0.1) is 13.8 Å². The standard InChI is InChI=1S/C17H23N3OS/c1-11-12(2)22-16(19-11)17(3,4)20-15(21)10-14(18)13-8-6-5-7-9-13/h5-9,14H,10,18H2,1-4H3,(H,20,21). The van der Waals surface area contributed by atoms with E-state index < -0.39 is 5.54 Å². The Hall–Kier alpha value is -1.72. The summed E-state index contributed by atoms with van der Waals surface area (Å²) in [7, 11) is 0. The third-order valence-electron chi connectivity index (χ3n) is 3.65. The SMILES string of the molecule is Cc1nc(C(C)(C)NC(=O)CC(N)c2ccccc2)sc1C. The minimum absolute atomic E-state index is 0.0631. The molecule has 1 aromatic carbocycles. The smallest absolute Gasteiger partial charge is 0.222 e. The van der Waals surface area contributed by atoms with E-state index >= 15 is 0 Å². The van der Waals surface area contributed by atoms with E-state index in [0.717, 1.165) is 16.3 Å². The second kappa shape index (κ2) is 6.58. The van der Waals surface area contributed by atoms with E-state index in [4.69, 9.17) is 5.73 Å². The van der Waals surface area contributed by atoms with Crippen LogP contribution >= 0.6 is 11.3 Å². The van der Waals surface area contributed by atoms with Gasteiger partial charge in [-0.1, -0.05) is 30.3 Å². The number of aryl methyl sites for hydroxylation is 2. The summed E-state index contributed by atoms with van der Waals surface area (Å²) in [6.45, 7) is 7.96. The predicted molar refractivity (Wildman–Crippen MR) is 90.7 cm³/mol. The molecule has 5 heteroatoms. The molecule has 0 bridgehead atoms. The van der Waals surface area contributed by atoms with E-state index in [1.165, 1.54) is 4.88 Å². The topological polar surface area (TPSA) is 68.0 Å². The molecular formula is C17H23N3OS. The zero-order valence-electron chi connectivity index (χ0n) is 13.5. The molecule has 0 aliphatic carbocycles. The van der Waals surface area contributed by atoms with Gasteiger partial charge < -0.3 is 11.1 Å². The van der Waals surface area contributed by atoms with Crippen LogP contribution in [0.2, 0.25) is 0 Å². The predicted octanol–water partition coefficient (Wildman–Crippen LogP) is 3.20. The van der Waals surface area contributed by atoms with Crippen LogP contribution in [0.4, 0.5) is 0 Å². The Labute approximate surface area is 135 Å². The van der Waals surface area contributed by atoms with Gasteiger partial charge in [-0.25, -0.2) is 4.98 Å². The van der Waals surface area contributed by atoms with Crippen LogP contribution in [0.5, 0.6) is 0 Å². The van der Waals surface area contributed by atoms with E-state index in [1.54, 1.807) is 11.3 Å². The van der Waals surface area contributed by atoms with Gasteiger partial charge >= 0.3 is 0 Å². The summed E-state index contributed by atoms with van der Waals surface area (Å²) >= 11 is 1.62. The fraction of sp³-hybridized carbons (Fsp3) is 0.412. The molecule has 3 N–H and O–H groups in total. The van der Waals surface area contributed by atoms with Crippen molar-refractivity contribution in [3.05, 3.63) is 51.5 Å². The van der Waals surface area contributed by atoms with E-state index in [-0.39, 0.29) is 18.4 Å². The van der Waals surface area contributed by atoms with Gasteiger partial charge in [0.2, 0.25) is 5.91 Å². The fourth-order valence-corrected chi connectivity index (χ4v) is 3.18. The van der Waals surface area contributed by atoms with E-state index in [9.17, 15) is 4.79 Å². The van der Waals surface area contributed by atoms with E-state index in [0.29, 0.717) is 0 Å². The molecule has 0 spiro atoms. The zero-order valence-corrected chi connectivity index (χ0v) is 14.3. The van der Waals surface area contributed by atoms with Crippen LogP contribution in [0.1, 0.15) is 47.5 Å². The summed E-state index contributed by atoms with van der Waals surface area (Å²) < 4.78 is 0. The van der Waals surface area contributed by atoms with Gasteiger partial charge in [-0.3, -0.25) is 4.79 Å². The van der Waals surface area contributed by atoms with Gasteiger partial charge in [0.1, 0.15) is 5.01 Å². The van der Waals surface area contributed by atoms with Crippen molar-refractivity contribution in [2.75, 3.05) is 0 Å². The van der Waals surface area contributed by atoms with Crippen molar-refractivity contribution in [1.29, 1.82) is 0 Å². The van der Waals surface area contributed by atoms with Crippen molar-refractivity contribution in [2.24, 2.45) is 5.73 Å². The number of nitrogens with zero attached hydrogens (tertiary/aromatic N) is 1. The third-order valence-corrected chi connectivity index (χ3v) is 5.04. The summed E-state index contributed by atoms with van der Waals surface area (Å²) in [5.74, 6) is -0.0631. The molecule has 2 aromatic rings. The maximum Gasteiger partial charge on any atom is 0.222 e. The summed E-state index contributed by atoms with van der Waals surface area (Å²) in [4.78, 5) is 18.0. The monoisotopic (exact) mass is 317 g/mol. The minimum atomic E-state index is -0.489. The molecule has 1 aromatic heterocycles. The fourth-order valence-electron chi connectivity index (χ4n) is 2.21. The van der Waals surface area contributed by atoms with Gasteiger partial charge in [0.05, 0.1) is 11.2 Å². The molecule has 4 nitrogen and oxygen atoms in total. The maximum absolute atomic E-state index is 12.3. The van der Waals surface area contributed by atoms with Crippen LogP contribution in [-0.2, 0) is 10.3 Å². The van der Waals surface area contributed by atoms with Gasteiger partial charge in [0, 0.05) is 17.3 Å². The Morgan fingerprint density at radius 1 is 1.32 bits per heavy atom.